The zero-order valence-corrected chi connectivity index (χ0v) is 12.7. The van der Waals surface area contributed by atoms with E-state index >= 15 is 0 Å². The molecule has 1 atom stereocenters. The van der Waals surface area contributed by atoms with Crippen molar-refractivity contribution in [3.63, 3.8) is 0 Å². The first kappa shape index (κ1) is 15.9. The summed E-state index contributed by atoms with van der Waals surface area (Å²) in [5.74, 6) is 0.848. The summed E-state index contributed by atoms with van der Waals surface area (Å²) in [6.45, 7) is 14.0. The van der Waals surface area contributed by atoms with Gasteiger partial charge in [0.15, 0.2) is 0 Å². The zero-order chi connectivity index (χ0) is 13.4. The van der Waals surface area contributed by atoms with Crippen molar-refractivity contribution in [2.24, 2.45) is 11.7 Å². The quantitative estimate of drug-likeness (QED) is 0.721. The lowest BCUT2D eigenvalue weighted by atomic mass is 10.1. The second-order valence-electron chi connectivity index (χ2n) is 6.05. The van der Waals surface area contributed by atoms with E-state index in [-0.39, 0.29) is 0 Å². The van der Waals surface area contributed by atoms with Crippen molar-refractivity contribution in [2.45, 2.75) is 52.5 Å². The van der Waals surface area contributed by atoms with Crippen LogP contribution in [0.2, 0.25) is 0 Å². The van der Waals surface area contributed by atoms with E-state index in [1.54, 1.807) is 0 Å². The van der Waals surface area contributed by atoms with Crippen molar-refractivity contribution in [1.82, 2.24) is 9.80 Å². The summed E-state index contributed by atoms with van der Waals surface area (Å²) in [7, 11) is 0. The molecule has 0 aliphatic carbocycles. The van der Waals surface area contributed by atoms with E-state index in [0.717, 1.165) is 18.9 Å². The summed E-state index contributed by atoms with van der Waals surface area (Å²) in [6, 6.07) is 0.716. The predicted molar refractivity (Wildman–Crippen MR) is 79.8 cm³/mol. The molecule has 0 aromatic carbocycles. The van der Waals surface area contributed by atoms with Crippen LogP contribution in [0.5, 0.6) is 0 Å². The Bertz CT molecular complexity index is 198. The molecule has 0 amide bonds. The maximum absolute atomic E-state index is 5.70. The Kier molecular flexibility index (Phi) is 7.87. The van der Waals surface area contributed by atoms with Crippen LogP contribution in [-0.4, -0.2) is 55.1 Å². The first-order valence-corrected chi connectivity index (χ1v) is 7.83. The topological polar surface area (TPSA) is 32.5 Å². The van der Waals surface area contributed by atoms with Gasteiger partial charge in [0, 0.05) is 32.2 Å². The van der Waals surface area contributed by atoms with Gasteiger partial charge in [-0.05, 0) is 44.7 Å². The Morgan fingerprint density at radius 2 is 1.72 bits per heavy atom. The van der Waals surface area contributed by atoms with Crippen LogP contribution in [0.25, 0.3) is 0 Å². The largest absolute Gasteiger partial charge is 0.330 e. The molecular formula is C15H33N3. The minimum absolute atomic E-state index is 0.716. The van der Waals surface area contributed by atoms with Gasteiger partial charge >= 0.3 is 0 Å². The monoisotopic (exact) mass is 255 g/mol. The van der Waals surface area contributed by atoms with Gasteiger partial charge < -0.3 is 10.6 Å². The van der Waals surface area contributed by atoms with Gasteiger partial charge in [-0.15, -0.1) is 0 Å². The maximum atomic E-state index is 5.70. The van der Waals surface area contributed by atoms with E-state index in [1.807, 2.05) is 0 Å². The molecule has 0 spiro atoms. The molecule has 0 aromatic rings. The molecule has 0 radical (unpaired) electrons. The second kappa shape index (κ2) is 8.89. The molecule has 1 fully saturated rings. The highest BCUT2D eigenvalue weighted by atomic mass is 15.3. The van der Waals surface area contributed by atoms with Gasteiger partial charge in [-0.3, -0.25) is 4.90 Å². The molecule has 1 saturated heterocycles. The first-order chi connectivity index (χ1) is 8.67. The van der Waals surface area contributed by atoms with Crippen molar-refractivity contribution in [3.8, 4) is 0 Å². The highest BCUT2D eigenvalue weighted by molar-refractivity contribution is 4.78. The fourth-order valence-electron chi connectivity index (χ4n) is 2.91. The third-order valence-electron chi connectivity index (χ3n) is 4.15. The summed E-state index contributed by atoms with van der Waals surface area (Å²) < 4.78 is 0. The highest BCUT2D eigenvalue weighted by Crippen LogP contribution is 2.13. The summed E-state index contributed by atoms with van der Waals surface area (Å²) in [5, 5.41) is 0. The van der Waals surface area contributed by atoms with Crippen LogP contribution in [-0.2, 0) is 0 Å². The first-order valence-electron chi connectivity index (χ1n) is 7.83. The summed E-state index contributed by atoms with van der Waals surface area (Å²) in [6.07, 6.45) is 5.12. The minimum atomic E-state index is 0.716. The molecule has 0 bridgehead atoms. The molecule has 1 aliphatic heterocycles. The van der Waals surface area contributed by atoms with Gasteiger partial charge in [-0.2, -0.15) is 0 Å². The van der Waals surface area contributed by atoms with Crippen LogP contribution in [0.1, 0.15) is 46.5 Å². The van der Waals surface area contributed by atoms with Crippen LogP contribution in [0.15, 0.2) is 0 Å². The van der Waals surface area contributed by atoms with Gasteiger partial charge in [0.05, 0.1) is 0 Å². The fraction of sp³-hybridized carbons (Fsp3) is 1.00. The Morgan fingerprint density at radius 1 is 1.06 bits per heavy atom. The lowest BCUT2D eigenvalue weighted by molar-refractivity contribution is 0.0895. The molecule has 1 rings (SSSR count). The average molecular weight is 255 g/mol. The zero-order valence-electron chi connectivity index (χ0n) is 12.7. The molecular weight excluding hydrogens is 222 g/mol. The minimum Gasteiger partial charge on any atom is -0.330 e. The SMILES string of the molecule is CCC(CCN)N1CCN(CCCC(C)C)CC1. The van der Waals surface area contributed by atoms with Crippen molar-refractivity contribution in [1.29, 1.82) is 0 Å². The lowest BCUT2D eigenvalue weighted by Crippen LogP contribution is -2.50. The van der Waals surface area contributed by atoms with Crippen molar-refractivity contribution in [2.75, 3.05) is 39.3 Å². The number of nitrogens with zero attached hydrogens (tertiary/aromatic N) is 2. The molecule has 0 saturated carbocycles. The van der Waals surface area contributed by atoms with Crippen LogP contribution in [0.3, 0.4) is 0 Å². The van der Waals surface area contributed by atoms with E-state index in [4.69, 9.17) is 5.73 Å². The van der Waals surface area contributed by atoms with Gasteiger partial charge in [0.1, 0.15) is 0 Å². The molecule has 108 valence electrons. The standard InChI is InChI=1S/C15H33N3/c1-4-15(7-8-16)18-12-10-17(11-13-18)9-5-6-14(2)3/h14-15H,4-13,16H2,1-3H3. The van der Waals surface area contributed by atoms with E-state index in [9.17, 15) is 0 Å². The smallest absolute Gasteiger partial charge is 0.0113 e. The van der Waals surface area contributed by atoms with Gasteiger partial charge in [-0.25, -0.2) is 0 Å². The number of hydrogen-bond acceptors (Lipinski definition) is 3. The van der Waals surface area contributed by atoms with E-state index in [0.29, 0.717) is 6.04 Å². The summed E-state index contributed by atoms with van der Waals surface area (Å²) >= 11 is 0. The van der Waals surface area contributed by atoms with Gasteiger partial charge in [-0.1, -0.05) is 20.8 Å². The van der Waals surface area contributed by atoms with Crippen LogP contribution >= 0.6 is 0 Å². The molecule has 0 aromatic heterocycles. The number of piperazine rings is 1. The van der Waals surface area contributed by atoms with Crippen molar-refractivity contribution in [3.05, 3.63) is 0 Å². The third-order valence-corrected chi connectivity index (χ3v) is 4.15. The summed E-state index contributed by atoms with van der Waals surface area (Å²) in [5.41, 5.74) is 5.70. The number of nitrogens with two attached hydrogens (primary N) is 1. The highest BCUT2D eigenvalue weighted by Gasteiger charge is 2.21. The normalized spacial score (nSPS) is 20.5. The van der Waals surface area contributed by atoms with E-state index < -0.39 is 0 Å². The van der Waals surface area contributed by atoms with E-state index in [2.05, 4.69) is 30.6 Å². The molecule has 3 heteroatoms. The third kappa shape index (κ3) is 5.68. The lowest BCUT2D eigenvalue weighted by Gasteiger charge is -2.39. The molecule has 18 heavy (non-hydrogen) atoms. The second-order valence-corrected chi connectivity index (χ2v) is 6.05. The van der Waals surface area contributed by atoms with Gasteiger partial charge in [0.25, 0.3) is 0 Å². The van der Waals surface area contributed by atoms with Crippen molar-refractivity contribution < 1.29 is 0 Å². The maximum Gasteiger partial charge on any atom is 0.0113 e. The number of hydrogen-bond donors (Lipinski definition) is 1. The van der Waals surface area contributed by atoms with Crippen LogP contribution in [0.4, 0.5) is 0 Å². The number of rotatable bonds is 8. The van der Waals surface area contributed by atoms with Crippen molar-refractivity contribution >= 4 is 0 Å². The molecule has 3 nitrogen and oxygen atoms in total. The molecule has 1 heterocycles. The predicted octanol–water partition coefficient (Wildman–Crippen LogP) is 2.17. The summed E-state index contributed by atoms with van der Waals surface area (Å²) in [4.78, 5) is 5.28. The Hall–Kier alpha value is -0.120. The Morgan fingerprint density at radius 3 is 2.22 bits per heavy atom. The molecule has 1 aliphatic rings. The van der Waals surface area contributed by atoms with E-state index in [1.165, 1.54) is 52.0 Å². The Labute approximate surface area is 114 Å². The van der Waals surface area contributed by atoms with Crippen LogP contribution < -0.4 is 5.73 Å². The van der Waals surface area contributed by atoms with Gasteiger partial charge in [0.2, 0.25) is 0 Å². The average Bonchev–Trinajstić information content (AvgIpc) is 2.36. The Balaban J connectivity index is 2.19. The molecule has 1 unspecified atom stereocenters. The molecule has 2 N–H and O–H groups in total. The van der Waals surface area contributed by atoms with Crippen LogP contribution in [0, 0.1) is 5.92 Å². The fourth-order valence-corrected chi connectivity index (χ4v) is 2.91.